The summed E-state index contributed by atoms with van der Waals surface area (Å²) in [5, 5.41) is 3.56. The molecule has 1 atom stereocenters. The number of nitrogens with zero attached hydrogens (tertiary/aromatic N) is 2. The summed E-state index contributed by atoms with van der Waals surface area (Å²) in [4.78, 5) is 5.19. The largest absolute Gasteiger partial charge is 0.311 e. The van der Waals surface area contributed by atoms with E-state index in [1.165, 1.54) is 38.3 Å². The lowest BCUT2D eigenvalue weighted by atomic mass is 9.95. The zero-order valence-corrected chi connectivity index (χ0v) is 11.2. The third-order valence-corrected chi connectivity index (χ3v) is 4.36. The molecule has 0 radical (unpaired) electrons. The molecule has 1 fully saturated rings. The van der Waals surface area contributed by atoms with E-state index in [1.54, 1.807) is 5.56 Å². The summed E-state index contributed by atoms with van der Waals surface area (Å²) in [5.74, 6) is 0. The molecule has 2 heterocycles. The number of benzene rings is 1. The number of piperazine rings is 1. The van der Waals surface area contributed by atoms with Gasteiger partial charge in [0.05, 0.1) is 0 Å². The molecular formula is C15H23N3. The lowest BCUT2D eigenvalue weighted by molar-refractivity contribution is 0.0949. The van der Waals surface area contributed by atoms with Gasteiger partial charge in [-0.3, -0.25) is 4.90 Å². The predicted octanol–water partition coefficient (Wildman–Crippen LogP) is 1.47. The van der Waals surface area contributed by atoms with Crippen molar-refractivity contribution in [3.8, 4) is 0 Å². The smallest absolute Gasteiger partial charge is 0.0477 e. The minimum Gasteiger partial charge on any atom is -0.311 e. The lowest BCUT2D eigenvalue weighted by Crippen LogP contribution is -2.50. The van der Waals surface area contributed by atoms with Crippen LogP contribution in [0.2, 0.25) is 0 Å². The molecule has 0 amide bonds. The van der Waals surface area contributed by atoms with E-state index in [0.717, 1.165) is 13.1 Å². The van der Waals surface area contributed by atoms with Crippen LogP contribution in [0.1, 0.15) is 24.1 Å². The molecule has 1 aromatic carbocycles. The summed E-state index contributed by atoms with van der Waals surface area (Å²) in [6, 6.07) is 9.48. The van der Waals surface area contributed by atoms with Crippen molar-refractivity contribution in [2.75, 3.05) is 39.3 Å². The van der Waals surface area contributed by atoms with Crippen molar-refractivity contribution in [3.05, 3.63) is 35.4 Å². The third kappa shape index (κ3) is 2.30. The first kappa shape index (κ1) is 12.2. The summed E-state index contributed by atoms with van der Waals surface area (Å²) < 4.78 is 0. The highest BCUT2D eigenvalue weighted by Crippen LogP contribution is 2.27. The maximum atomic E-state index is 3.56. The van der Waals surface area contributed by atoms with Crippen molar-refractivity contribution in [1.82, 2.24) is 15.1 Å². The van der Waals surface area contributed by atoms with E-state index >= 15 is 0 Å². The number of fused-ring (bicyclic) bond motifs is 1. The highest BCUT2D eigenvalue weighted by Gasteiger charge is 2.27. The molecular weight excluding hydrogens is 222 g/mol. The Kier molecular flexibility index (Phi) is 3.64. The maximum Gasteiger partial charge on any atom is 0.0477 e. The lowest BCUT2D eigenvalue weighted by Gasteiger charge is -2.41. The van der Waals surface area contributed by atoms with Crippen LogP contribution in [0.3, 0.4) is 0 Å². The van der Waals surface area contributed by atoms with E-state index in [9.17, 15) is 0 Å². The van der Waals surface area contributed by atoms with E-state index in [-0.39, 0.29) is 0 Å². The standard InChI is InChI=1S/C15H23N3/c1-2-17-7-9-18(10-8-17)15-12-16-11-13-5-3-4-6-14(13)15/h3-6,15-16H,2,7-12H2,1H3/t15-/m0/s1. The molecule has 0 aromatic heterocycles. The second kappa shape index (κ2) is 5.39. The summed E-state index contributed by atoms with van der Waals surface area (Å²) in [6.07, 6.45) is 0. The van der Waals surface area contributed by atoms with E-state index in [2.05, 4.69) is 46.3 Å². The first-order chi connectivity index (χ1) is 8.88. The molecule has 2 aliphatic rings. The van der Waals surface area contributed by atoms with Gasteiger partial charge in [-0.1, -0.05) is 31.2 Å². The Bertz CT molecular complexity index is 396. The molecule has 1 saturated heterocycles. The van der Waals surface area contributed by atoms with Gasteiger partial charge in [-0.2, -0.15) is 0 Å². The molecule has 18 heavy (non-hydrogen) atoms. The molecule has 3 rings (SSSR count). The Hall–Kier alpha value is -0.900. The number of hydrogen-bond donors (Lipinski definition) is 1. The monoisotopic (exact) mass is 245 g/mol. The van der Waals surface area contributed by atoms with Crippen molar-refractivity contribution < 1.29 is 0 Å². The van der Waals surface area contributed by atoms with Gasteiger partial charge in [0.25, 0.3) is 0 Å². The van der Waals surface area contributed by atoms with Gasteiger partial charge in [0.1, 0.15) is 0 Å². The molecule has 0 bridgehead atoms. The number of hydrogen-bond acceptors (Lipinski definition) is 3. The molecule has 3 nitrogen and oxygen atoms in total. The van der Waals surface area contributed by atoms with Crippen molar-refractivity contribution in [2.45, 2.75) is 19.5 Å². The molecule has 2 aliphatic heterocycles. The summed E-state index contributed by atoms with van der Waals surface area (Å²) >= 11 is 0. The SMILES string of the molecule is CCN1CCN([C@H]2CNCc3ccccc32)CC1. The summed E-state index contributed by atoms with van der Waals surface area (Å²) in [5.41, 5.74) is 3.02. The predicted molar refractivity (Wildman–Crippen MR) is 74.6 cm³/mol. The molecule has 98 valence electrons. The van der Waals surface area contributed by atoms with Crippen LogP contribution in [-0.2, 0) is 6.54 Å². The molecule has 1 N–H and O–H groups in total. The Morgan fingerprint density at radius 1 is 1.17 bits per heavy atom. The van der Waals surface area contributed by atoms with Crippen LogP contribution in [0.15, 0.2) is 24.3 Å². The zero-order chi connectivity index (χ0) is 12.4. The van der Waals surface area contributed by atoms with E-state index in [0.29, 0.717) is 6.04 Å². The van der Waals surface area contributed by atoms with Gasteiger partial charge >= 0.3 is 0 Å². The average Bonchev–Trinajstić information content (AvgIpc) is 2.47. The van der Waals surface area contributed by atoms with Crippen molar-refractivity contribution in [3.63, 3.8) is 0 Å². The number of likely N-dealkylation sites (N-methyl/N-ethyl adjacent to an activating group) is 1. The fourth-order valence-electron chi connectivity index (χ4n) is 3.19. The first-order valence-electron chi connectivity index (χ1n) is 7.13. The maximum absolute atomic E-state index is 3.56. The van der Waals surface area contributed by atoms with Gasteiger partial charge in [0.15, 0.2) is 0 Å². The van der Waals surface area contributed by atoms with Gasteiger partial charge < -0.3 is 10.2 Å². The number of rotatable bonds is 2. The van der Waals surface area contributed by atoms with Crippen molar-refractivity contribution in [2.24, 2.45) is 0 Å². The van der Waals surface area contributed by atoms with Gasteiger partial charge in [-0.15, -0.1) is 0 Å². The van der Waals surface area contributed by atoms with Crippen molar-refractivity contribution >= 4 is 0 Å². The quantitative estimate of drug-likeness (QED) is 0.851. The average molecular weight is 245 g/mol. The van der Waals surface area contributed by atoms with Crippen LogP contribution in [0.5, 0.6) is 0 Å². The normalized spacial score (nSPS) is 25.9. The Morgan fingerprint density at radius 3 is 2.72 bits per heavy atom. The highest BCUT2D eigenvalue weighted by atomic mass is 15.3. The zero-order valence-electron chi connectivity index (χ0n) is 11.2. The summed E-state index contributed by atoms with van der Waals surface area (Å²) in [7, 11) is 0. The van der Waals surface area contributed by atoms with Gasteiger partial charge in [-0.25, -0.2) is 0 Å². The molecule has 0 aliphatic carbocycles. The van der Waals surface area contributed by atoms with Crippen LogP contribution < -0.4 is 5.32 Å². The molecule has 0 spiro atoms. The third-order valence-electron chi connectivity index (χ3n) is 4.36. The topological polar surface area (TPSA) is 18.5 Å². The molecule has 3 heteroatoms. The molecule has 1 aromatic rings. The van der Waals surface area contributed by atoms with Crippen LogP contribution in [0.4, 0.5) is 0 Å². The van der Waals surface area contributed by atoms with Gasteiger partial charge in [0, 0.05) is 45.3 Å². The van der Waals surface area contributed by atoms with Gasteiger partial charge in [-0.05, 0) is 17.7 Å². The Balaban J connectivity index is 1.74. The van der Waals surface area contributed by atoms with Crippen molar-refractivity contribution in [1.29, 1.82) is 0 Å². The fraction of sp³-hybridized carbons (Fsp3) is 0.600. The second-order valence-corrected chi connectivity index (χ2v) is 5.32. The first-order valence-corrected chi connectivity index (χ1v) is 7.13. The Morgan fingerprint density at radius 2 is 1.94 bits per heavy atom. The van der Waals surface area contributed by atoms with Crippen LogP contribution in [0, 0.1) is 0 Å². The van der Waals surface area contributed by atoms with E-state index in [1.807, 2.05) is 0 Å². The minimum absolute atomic E-state index is 0.578. The number of nitrogens with one attached hydrogen (secondary N) is 1. The van der Waals surface area contributed by atoms with Crippen LogP contribution in [-0.4, -0.2) is 49.1 Å². The Labute approximate surface area is 110 Å². The van der Waals surface area contributed by atoms with Gasteiger partial charge in [0.2, 0.25) is 0 Å². The fourth-order valence-corrected chi connectivity index (χ4v) is 3.19. The molecule has 0 unspecified atom stereocenters. The summed E-state index contributed by atoms with van der Waals surface area (Å²) in [6.45, 7) is 10.4. The highest BCUT2D eigenvalue weighted by molar-refractivity contribution is 5.32. The van der Waals surface area contributed by atoms with E-state index < -0.39 is 0 Å². The van der Waals surface area contributed by atoms with E-state index in [4.69, 9.17) is 0 Å². The second-order valence-electron chi connectivity index (χ2n) is 5.32. The van der Waals surface area contributed by atoms with Crippen LogP contribution >= 0.6 is 0 Å². The minimum atomic E-state index is 0.578. The molecule has 0 saturated carbocycles. The van der Waals surface area contributed by atoms with Crippen LogP contribution in [0.25, 0.3) is 0 Å².